The minimum Gasteiger partial charge on any atom is -0.290 e. The highest BCUT2D eigenvalue weighted by Crippen LogP contribution is 2.01. The summed E-state index contributed by atoms with van der Waals surface area (Å²) >= 11 is 0. The van der Waals surface area contributed by atoms with Gasteiger partial charge in [0, 0.05) is 0 Å². The number of carbonyl (C=O) groups excluding carboxylic acids is 1. The monoisotopic (exact) mass is 142 g/mol. The zero-order chi connectivity index (χ0) is 5.91. The third-order valence-electron chi connectivity index (χ3n) is 0.161. The average molecular weight is 142 g/mol. The molecule has 4 nitrogen and oxygen atoms in total. The van der Waals surface area contributed by atoms with Crippen LogP contribution in [-0.2, 0) is 13.9 Å². The van der Waals surface area contributed by atoms with E-state index >= 15 is 0 Å². The Morgan fingerprint density at radius 1 is 1.57 bits per heavy atom. The van der Waals surface area contributed by atoms with Gasteiger partial charge in [0.1, 0.15) is 0 Å². The molecule has 6 heteroatoms. The second-order valence-electron chi connectivity index (χ2n) is 0.620. The summed E-state index contributed by atoms with van der Waals surface area (Å²) in [6.07, 6.45) is 0. The molecule has 1 N–H and O–H groups in total. The van der Waals surface area contributed by atoms with Gasteiger partial charge >= 0.3 is 9.15 Å². The fraction of sp³-hybridized carbons (Fsp3) is 0. The van der Waals surface area contributed by atoms with E-state index < -0.39 is 9.15 Å². The summed E-state index contributed by atoms with van der Waals surface area (Å²) in [7, 11) is -4.29. The molecule has 0 saturated heterocycles. The van der Waals surface area contributed by atoms with Crippen LogP contribution in [0.5, 0.6) is 0 Å². The molecule has 0 fully saturated rings. The van der Waals surface area contributed by atoms with Gasteiger partial charge < -0.3 is 0 Å². The van der Waals surface area contributed by atoms with Crippen molar-refractivity contribution in [2.45, 2.75) is 0 Å². The fourth-order valence-corrected chi connectivity index (χ4v) is 0.447. The molecule has 0 aromatic rings. The normalized spacial score (nSPS) is 11.0. The summed E-state index contributed by atoms with van der Waals surface area (Å²) in [6, 6.07) is 0. The second-order valence-corrected chi connectivity index (χ2v) is 3.70. The summed E-state index contributed by atoms with van der Waals surface area (Å²) in [4.78, 5) is 9.24. The Morgan fingerprint density at radius 3 is 2.00 bits per heavy atom. The molecule has 0 bridgehead atoms. The van der Waals surface area contributed by atoms with E-state index in [2.05, 4.69) is 0 Å². The predicted molar refractivity (Wildman–Crippen MR) is 25.9 cm³/mol. The number of hydrogen-bond donors (Lipinski definition) is 1. The highest BCUT2D eigenvalue weighted by atomic mass is 33.1. The van der Waals surface area contributed by atoms with Crippen LogP contribution in [0.1, 0.15) is 0 Å². The van der Waals surface area contributed by atoms with Gasteiger partial charge in [0.15, 0.2) is 5.62 Å². The van der Waals surface area contributed by atoms with Crippen molar-refractivity contribution in [1.29, 1.82) is 0 Å². The minimum absolute atomic E-state index is 0.0370. The van der Waals surface area contributed by atoms with Crippen molar-refractivity contribution in [1.82, 2.24) is 0 Å². The zero-order valence-corrected chi connectivity index (χ0v) is 4.70. The number of hydrogen-bond acceptors (Lipinski definition) is 4. The minimum atomic E-state index is -4.13. The van der Waals surface area contributed by atoms with Crippen molar-refractivity contribution in [2.24, 2.45) is 0 Å². The Bertz CT molecular complexity index is 143. The van der Waals surface area contributed by atoms with Gasteiger partial charge in [0.2, 0.25) is 0 Å². The largest absolute Gasteiger partial charge is 0.326 e. The van der Waals surface area contributed by atoms with E-state index in [1.165, 1.54) is 0 Å². The van der Waals surface area contributed by atoms with Crippen LogP contribution in [0, 0.1) is 0 Å². The molecular formula is CH2O4S2. The maximum Gasteiger partial charge on any atom is 0.326 e. The molecule has 0 aliphatic carbocycles. The molecule has 0 atom stereocenters. The second kappa shape index (κ2) is 2.29. The molecule has 0 heterocycles. The SMILES string of the molecule is O=CSS(=O)(=O)O. The molecule has 0 rings (SSSR count). The van der Waals surface area contributed by atoms with Gasteiger partial charge in [-0.05, 0) is 0 Å². The molecule has 0 unspecified atom stereocenters. The lowest BCUT2D eigenvalue weighted by Crippen LogP contribution is -1.86. The average Bonchev–Trinajstić information content (AvgIpc) is 1.30. The van der Waals surface area contributed by atoms with Gasteiger partial charge in [-0.25, -0.2) is 0 Å². The van der Waals surface area contributed by atoms with Gasteiger partial charge in [-0.3, -0.25) is 9.35 Å². The van der Waals surface area contributed by atoms with E-state index in [4.69, 9.17) is 4.55 Å². The molecular weight excluding hydrogens is 140 g/mol. The highest BCUT2D eigenvalue weighted by molar-refractivity contribution is 8.75. The summed E-state index contributed by atoms with van der Waals surface area (Å²) in [5.74, 6) is 0. The Balaban J connectivity index is 3.84. The van der Waals surface area contributed by atoms with Crippen molar-refractivity contribution in [3.05, 3.63) is 0 Å². The van der Waals surface area contributed by atoms with Crippen molar-refractivity contribution >= 4 is 25.6 Å². The highest BCUT2D eigenvalue weighted by Gasteiger charge is 2.00. The first kappa shape index (κ1) is 6.93. The summed E-state index contributed by atoms with van der Waals surface area (Å²) < 4.78 is 26.8. The van der Waals surface area contributed by atoms with Crippen LogP contribution >= 0.6 is 10.8 Å². The van der Waals surface area contributed by atoms with E-state index in [9.17, 15) is 13.2 Å². The van der Waals surface area contributed by atoms with Gasteiger partial charge in [-0.1, -0.05) is 0 Å². The van der Waals surface area contributed by atoms with Crippen LogP contribution in [0.2, 0.25) is 0 Å². The Hall–Kier alpha value is -0.0700. The first-order chi connectivity index (χ1) is 3.06. The van der Waals surface area contributed by atoms with Crippen LogP contribution in [-0.4, -0.2) is 18.6 Å². The van der Waals surface area contributed by atoms with Gasteiger partial charge in [-0.15, -0.1) is 0 Å². The number of carbonyl (C=O) groups is 1. The summed E-state index contributed by atoms with van der Waals surface area (Å²) in [5, 5.41) is 0. The van der Waals surface area contributed by atoms with Crippen LogP contribution in [0.25, 0.3) is 0 Å². The van der Waals surface area contributed by atoms with Crippen molar-refractivity contribution in [2.75, 3.05) is 0 Å². The third-order valence-corrected chi connectivity index (χ3v) is 1.45. The first-order valence-corrected chi connectivity index (χ1v) is 3.99. The third kappa shape index (κ3) is 5.93. The topological polar surface area (TPSA) is 71.4 Å². The Morgan fingerprint density at radius 2 is 2.00 bits per heavy atom. The summed E-state index contributed by atoms with van der Waals surface area (Å²) in [6.45, 7) is 0. The molecule has 42 valence electrons. The molecule has 0 radical (unpaired) electrons. The van der Waals surface area contributed by atoms with Crippen LogP contribution in [0.4, 0.5) is 0 Å². The van der Waals surface area contributed by atoms with Crippen molar-refractivity contribution in [3.8, 4) is 0 Å². The van der Waals surface area contributed by atoms with Gasteiger partial charge in [-0.2, -0.15) is 8.42 Å². The Labute approximate surface area is 44.1 Å². The van der Waals surface area contributed by atoms with E-state index in [-0.39, 0.29) is 16.4 Å². The standard InChI is InChI=1S/CH2O4S2/c2-1-6-7(3,4)5/h1H,(H,3,4,5). The zero-order valence-electron chi connectivity index (χ0n) is 3.07. The van der Waals surface area contributed by atoms with Gasteiger partial charge in [0.25, 0.3) is 0 Å². The molecule has 0 aliphatic heterocycles. The lowest BCUT2D eigenvalue weighted by atomic mass is 11.8. The number of rotatable bonds is 2. The molecule has 7 heavy (non-hydrogen) atoms. The van der Waals surface area contributed by atoms with Crippen LogP contribution in [0.3, 0.4) is 0 Å². The fourth-order valence-electron chi connectivity index (χ4n) is 0.0496. The van der Waals surface area contributed by atoms with Crippen molar-refractivity contribution < 1.29 is 17.8 Å². The molecule has 0 amide bonds. The van der Waals surface area contributed by atoms with E-state index in [0.717, 1.165) is 0 Å². The van der Waals surface area contributed by atoms with Gasteiger partial charge in [0.05, 0.1) is 10.8 Å². The summed E-state index contributed by atoms with van der Waals surface area (Å²) in [5.41, 5.74) is 0.0370. The van der Waals surface area contributed by atoms with Crippen LogP contribution in [0.15, 0.2) is 0 Å². The molecule has 0 aromatic heterocycles. The maximum atomic E-state index is 9.52. The van der Waals surface area contributed by atoms with E-state index in [1.807, 2.05) is 0 Å². The predicted octanol–water partition coefficient (Wildman–Crippen LogP) is -0.287. The molecule has 0 aliphatic rings. The molecule has 0 spiro atoms. The molecule has 0 aromatic carbocycles. The van der Waals surface area contributed by atoms with Crippen LogP contribution < -0.4 is 0 Å². The van der Waals surface area contributed by atoms with Crippen molar-refractivity contribution in [3.63, 3.8) is 0 Å². The first-order valence-electron chi connectivity index (χ1n) is 1.15. The maximum absolute atomic E-state index is 9.52. The lowest BCUT2D eigenvalue weighted by Gasteiger charge is -1.78. The van der Waals surface area contributed by atoms with E-state index in [1.54, 1.807) is 0 Å². The smallest absolute Gasteiger partial charge is 0.290 e. The Kier molecular flexibility index (Phi) is 2.27. The molecule has 0 saturated carbocycles. The van der Waals surface area contributed by atoms with E-state index in [0.29, 0.717) is 0 Å². The lowest BCUT2D eigenvalue weighted by molar-refractivity contribution is 0.503. The quantitative estimate of drug-likeness (QED) is 0.326.